The maximum Gasteiger partial charge on any atom is 0.328 e. The van der Waals surface area contributed by atoms with Gasteiger partial charge in [0, 0.05) is 17.0 Å². The molecule has 0 saturated heterocycles. The molecule has 0 spiro atoms. The van der Waals surface area contributed by atoms with Gasteiger partial charge < -0.3 is 9.84 Å². The van der Waals surface area contributed by atoms with E-state index in [4.69, 9.17) is 9.84 Å². The van der Waals surface area contributed by atoms with Gasteiger partial charge in [0.1, 0.15) is 5.75 Å². The average Bonchev–Trinajstić information content (AvgIpc) is 2.75. The van der Waals surface area contributed by atoms with Crippen molar-refractivity contribution >= 4 is 28.0 Å². The highest BCUT2D eigenvalue weighted by molar-refractivity contribution is 9.09. The molecule has 4 saturated carbocycles. The molecule has 4 aliphatic rings. The van der Waals surface area contributed by atoms with Crippen molar-refractivity contribution in [2.24, 2.45) is 17.8 Å². The molecule has 162 valence electrons. The van der Waals surface area contributed by atoms with E-state index < -0.39 is 5.97 Å². The normalized spacial score (nSPS) is 28.9. The van der Waals surface area contributed by atoms with Gasteiger partial charge in [-0.1, -0.05) is 46.3 Å². The molecule has 1 N–H and O–H groups in total. The van der Waals surface area contributed by atoms with E-state index in [1.54, 1.807) is 6.08 Å². The van der Waals surface area contributed by atoms with E-state index >= 15 is 0 Å². The number of rotatable bonds is 7. The molecule has 2 aromatic rings. The van der Waals surface area contributed by atoms with Gasteiger partial charge in [0.25, 0.3) is 0 Å². The number of aliphatic carboxylic acids is 1. The molecule has 6 rings (SSSR count). The van der Waals surface area contributed by atoms with Crippen LogP contribution in [-0.4, -0.2) is 23.0 Å². The van der Waals surface area contributed by atoms with Gasteiger partial charge in [-0.25, -0.2) is 4.79 Å². The summed E-state index contributed by atoms with van der Waals surface area (Å²) in [6.07, 6.45) is 11.0. The molecular weight excluding hydrogens is 452 g/mol. The Kier molecular flexibility index (Phi) is 5.68. The molecule has 4 fully saturated rings. The second-order valence-electron chi connectivity index (χ2n) is 9.74. The van der Waals surface area contributed by atoms with Crippen LogP contribution in [0, 0.1) is 17.8 Å². The highest BCUT2D eigenvalue weighted by Crippen LogP contribution is 2.62. The zero-order valence-electron chi connectivity index (χ0n) is 17.7. The van der Waals surface area contributed by atoms with Gasteiger partial charge in [-0.05, 0) is 96.6 Å². The molecule has 0 heterocycles. The Balaban J connectivity index is 1.50. The van der Waals surface area contributed by atoms with Gasteiger partial charge in [0.05, 0.1) is 6.61 Å². The zero-order valence-corrected chi connectivity index (χ0v) is 19.3. The number of carbonyl (C=O) groups is 1. The van der Waals surface area contributed by atoms with E-state index in [-0.39, 0.29) is 5.41 Å². The summed E-state index contributed by atoms with van der Waals surface area (Å²) < 4.78 is 6.23. The molecule has 0 atom stereocenters. The largest absolute Gasteiger partial charge is 0.492 e. The zero-order chi connectivity index (χ0) is 21.4. The first-order valence-corrected chi connectivity index (χ1v) is 12.5. The maximum absolute atomic E-state index is 10.8. The fourth-order valence-corrected chi connectivity index (χ4v) is 6.95. The number of hydrogen-bond donors (Lipinski definition) is 1. The van der Waals surface area contributed by atoms with Crippen LogP contribution in [0.15, 0.2) is 48.5 Å². The average molecular weight is 481 g/mol. The lowest BCUT2D eigenvalue weighted by Gasteiger charge is -2.57. The van der Waals surface area contributed by atoms with Crippen molar-refractivity contribution < 1.29 is 14.6 Å². The molecule has 4 bridgehead atoms. The van der Waals surface area contributed by atoms with Crippen LogP contribution in [0.1, 0.15) is 49.7 Å². The number of carboxylic acid groups (broad SMARTS) is 1. The minimum Gasteiger partial charge on any atom is -0.492 e. The second kappa shape index (κ2) is 8.46. The Morgan fingerprint density at radius 1 is 1.00 bits per heavy atom. The summed E-state index contributed by atoms with van der Waals surface area (Å²) in [6, 6.07) is 14.8. The lowest BCUT2D eigenvalue weighted by molar-refractivity contribution is -0.131. The lowest BCUT2D eigenvalue weighted by Crippen LogP contribution is -2.48. The van der Waals surface area contributed by atoms with Gasteiger partial charge in [0.2, 0.25) is 0 Å². The summed E-state index contributed by atoms with van der Waals surface area (Å²) in [4.78, 5) is 10.8. The molecule has 0 aliphatic heterocycles. The Hall–Kier alpha value is -2.07. The van der Waals surface area contributed by atoms with Gasteiger partial charge in [-0.2, -0.15) is 0 Å². The smallest absolute Gasteiger partial charge is 0.328 e. The molecule has 0 radical (unpaired) electrons. The van der Waals surface area contributed by atoms with Crippen LogP contribution in [0.2, 0.25) is 0 Å². The standard InChI is InChI=1S/C27H29BrO3/c28-9-10-31-25-7-6-23(22-4-1-18(2-5-22)3-8-26(29)30)14-24(25)27-15-19-11-20(16-27)13-21(12-19)17-27/h1-8,14,19-21H,9-13,15-17H2,(H,29,30). The number of benzene rings is 2. The third-order valence-electron chi connectivity index (χ3n) is 7.59. The molecule has 0 amide bonds. The SMILES string of the molecule is O=C(O)C=Cc1ccc(-c2ccc(OCCBr)c(C34CC5CC(CC(C5)C3)C4)c2)cc1. The van der Waals surface area contributed by atoms with Crippen LogP contribution in [0.5, 0.6) is 5.75 Å². The van der Waals surface area contributed by atoms with E-state index in [0.717, 1.165) is 40.0 Å². The van der Waals surface area contributed by atoms with E-state index in [1.807, 2.05) is 12.1 Å². The monoisotopic (exact) mass is 480 g/mol. The third kappa shape index (κ3) is 4.19. The topological polar surface area (TPSA) is 46.5 Å². The van der Waals surface area contributed by atoms with Gasteiger partial charge in [0.15, 0.2) is 0 Å². The molecular formula is C27H29BrO3. The minimum atomic E-state index is -0.927. The number of alkyl halides is 1. The highest BCUT2D eigenvalue weighted by atomic mass is 79.9. The molecule has 2 aromatic carbocycles. The third-order valence-corrected chi connectivity index (χ3v) is 7.91. The Bertz CT molecular complexity index is 957. The highest BCUT2D eigenvalue weighted by Gasteiger charge is 2.52. The summed E-state index contributed by atoms with van der Waals surface area (Å²) >= 11 is 3.51. The van der Waals surface area contributed by atoms with E-state index in [1.165, 1.54) is 55.7 Å². The van der Waals surface area contributed by atoms with Gasteiger partial charge >= 0.3 is 5.97 Å². The molecule has 0 unspecified atom stereocenters. The van der Waals surface area contributed by atoms with Crippen molar-refractivity contribution in [3.05, 3.63) is 59.7 Å². The maximum atomic E-state index is 10.8. The molecule has 0 aromatic heterocycles. The van der Waals surface area contributed by atoms with Crippen LogP contribution in [0.3, 0.4) is 0 Å². The molecule has 31 heavy (non-hydrogen) atoms. The first-order valence-electron chi connectivity index (χ1n) is 11.4. The van der Waals surface area contributed by atoms with Crippen molar-refractivity contribution in [1.29, 1.82) is 0 Å². The van der Waals surface area contributed by atoms with Crippen molar-refractivity contribution in [3.8, 4) is 16.9 Å². The summed E-state index contributed by atoms with van der Waals surface area (Å²) in [5.74, 6) is 2.80. The van der Waals surface area contributed by atoms with Crippen molar-refractivity contribution in [3.63, 3.8) is 0 Å². The van der Waals surface area contributed by atoms with Gasteiger partial charge in [-0.3, -0.25) is 0 Å². The first-order chi connectivity index (χ1) is 15.0. The Morgan fingerprint density at radius 2 is 1.61 bits per heavy atom. The van der Waals surface area contributed by atoms with Gasteiger partial charge in [-0.15, -0.1) is 0 Å². The van der Waals surface area contributed by atoms with Crippen LogP contribution < -0.4 is 4.74 Å². The van der Waals surface area contributed by atoms with E-state index in [2.05, 4.69) is 46.3 Å². The van der Waals surface area contributed by atoms with Crippen molar-refractivity contribution in [1.82, 2.24) is 0 Å². The number of ether oxygens (including phenoxy) is 1. The van der Waals surface area contributed by atoms with E-state index in [0.29, 0.717) is 6.61 Å². The fraction of sp³-hybridized carbons (Fsp3) is 0.444. The summed E-state index contributed by atoms with van der Waals surface area (Å²) in [5, 5.41) is 9.67. The summed E-state index contributed by atoms with van der Waals surface area (Å²) in [7, 11) is 0. The van der Waals surface area contributed by atoms with Crippen molar-refractivity contribution in [2.75, 3.05) is 11.9 Å². The number of hydrogen-bond acceptors (Lipinski definition) is 2. The summed E-state index contributed by atoms with van der Waals surface area (Å²) in [5.41, 5.74) is 4.96. The van der Waals surface area contributed by atoms with E-state index in [9.17, 15) is 4.79 Å². The van der Waals surface area contributed by atoms with Crippen LogP contribution in [-0.2, 0) is 10.2 Å². The molecule has 4 heteroatoms. The second-order valence-corrected chi connectivity index (χ2v) is 10.5. The Labute approximate surface area is 192 Å². The summed E-state index contributed by atoms with van der Waals surface area (Å²) in [6.45, 7) is 0.684. The van der Waals surface area contributed by atoms with Crippen LogP contribution in [0.4, 0.5) is 0 Å². The van der Waals surface area contributed by atoms with Crippen molar-refractivity contribution in [2.45, 2.75) is 43.9 Å². The molecule has 4 aliphatic carbocycles. The molecule has 3 nitrogen and oxygen atoms in total. The number of halogens is 1. The fourth-order valence-electron chi connectivity index (χ4n) is 6.79. The quantitative estimate of drug-likeness (QED) is 0.354. The Morgan fingerprint density at radius 3 is 2.19 bits per heavy atom. The van der Waals surface area contributed by atoms with Crippen LogP contribution in [0.25, 0.3) is 17.2 Å². The lowest BCUT2D eigenvalue weighted by atomic mass is 9.48. The predicted molar refractivity (Wildman–Crippen MR) is 128 cm³/mol. The first kappa shape index (κ1) is 20.8. The predicted octanol–water partition coefficient (Wildman–Crippen LogP) is 6.69. The van der Waals surface area contributed by atoms with Crippen LogP contribution >= 0.6 is 15.9 Å². The number of carboxylic acids is 1. The minimum absolute atomic E-state index is 0.274.